The molecule has 6 aromatic rings. The lowest BCUT2D eigenvalue weighted by atomic mass is 9.99. The Balaban J connectivity index is 1.62. The van der Waals surface area contributed by atoms with E-state index in [-0.39, 0.29) is 53.1 Å². The van der Waals surface area contributed by atoms with Gasteiger partial charge in [-0.3, -0.25) is 0 Å². The quantitative estimate of drug-likeness (QED) is 0.0979. The number of nitrogens with zero attached hydrogens (tertiary/aromatic N) is 6. The summed E-state index contributed by atoms with van der Waals surface area (Å²) in [5.41, 5.74) is 9.11. The van der Waals surface area contributed by atoms with E-state index in [4.69, 9.17) is 19.9 Å². The maximum atomic E-state index is 15.8. The monoisotopic (exact) mass is 841 g/mol. The molecular weight excluding hydrogens is 795 g/mol. The predicted molar refractivity (Wildman–Crippen MR) is 226 cm³/mol. The van der Waals surface area contributed by atoms with Crippen LogP contribution in [0.3, 0.4) is 0 Å². The third kappa shape index (κ3) is 9.73. The molecule has 2 aromatic heterocycles. The van der Waals surface area contributed by atoms with Crippen molar-refractivity contribution in [2.75, 3.05) is 32.8 Å². The van der Waals surface area contributed by atoms with Crippen molar-refractivity contribution < 1.29 is 31.0 Å². The molecule has 0 aliphatic rings. The standard InChI is InChI=1S/C41H47N7O7S2Si/c1-53-32-15-9-29(10-16-32)26-47(27-30-11-17-33(54-2)18-12-30)57(51,52)39-37(56(49,50)24-25-58(4,5)6)22-21-35(36-8-7-23-43-40(36)42)38(39)41-44-46-48(45-41)28-31-13-19-34(55-3)20-14-31/h7-23H,24-28H2,1-6H3,(H2,42,43). The lowest BCUT2D eigenvalue weighted by Gasteiger charge is -2.26. The number of nitrogen functional groups attached to an aromatic ring is 1. The zero-order valence-corrected chi connectivity index (χ0v) is 35.9. The fraction of sp³-hybridized carbons (Fsp3) is 0.268. The first-order valence-corrected chi connectivity index (χ1v) is 25.2. The lowest BCUT2D eigenvalue weighted by molar-refractivity contribution is 0.396. The number of sulfonamides is 1. The smallest absolute Gasteiger partial charge is 0.245 e. The van der Waals surface area contributed by atoms with Gasteiger partial charge in [-0.25, -0.2) is 21.8 Å². The van der Waals surface area contributed by atoms with E-state index in [0.717, 1.165) is 5.56 Å². The van der Waals surface area contributed by atoms with Gasteiger partial charge in [0, 0.05) is 32.9 Å². The first-order chi connectivity index (χ1) is 27.6. The van der Waals surface area contributed by atoms with Crippen molar-refractivity contribution in [3.05, 3.63) is 120 Å². The van der Waals surface area contributed by atoms with Crippen molar-refractivity contribution >= 4 is 33.8 Å². The second kappa shape index (κ2) is 17.5. The number of benzene rings is 4. The fourth-order valence-electron chi connectivity index (χ4n) is 6.24. The van der Waals surface area contributed by atoms with Crippen molar-refractivity contribution in [3.63, 3.8) is 0 Å². The zero-order chi connectivity index (χ0) is 41.7. The van der Waals surface area contributed by atoms with Crippen LogP contribution in [-0.4, -0.2) is 81.5 Å². The van der Waals surface area contributed by atoms with Gasteiger partial charge in [0.25, 0.3) is 0 Å². The summed E-state index contributed by atoms with van der Waals surface area (Å²) < 4.78 is 78.0. The Morgan fingerprint density at radius 1 is 0.707 bits per heavy atom. The molecule has 2 N–H and O–H groups in total. The minimum Gasteiger partial charge on any atom is -0.497 e. The average Bonchev–Trinajstić information content (AvgIpc) is 3.68. The van der Waals surface area contributed by atoms with Gasteiger partial charge in [0.2, 0.25) is 15.8 Å². The Morgan fingerprint density at radius 2 is 1.24 bits per heavy atom. The van der Waals surface area contributed by atoms with Crippen molar-refractivity contribution in [1.29, 1.82) is 0 Å². The second-order valence-corrected chi connectivity index (χ2v) is 24.4. The van der Waals surface area contributed by atoms with Crippen molar-refractivity contribution in [3.8, 4) is 39.8 Å². The van der Waals surface area contributed by atoms with Gasteiger partial charge in [0.15, 0.2) is 9.84 Å². The zero-order valence-electron chi connectivity index (χ0n) is 33.3. The van der Waals surface area contributed by atoms with Gasteiger partial charge in [-0.2, -0.15) is 9.10 Å². The molecule has 0 atom stereocenters. The van der Waals surface area contributed by atoms with Crippen LogP contribution in [0.1, 0.15) is 16.7 Å². The largest absolute Gasteiger partial charge is 0.497 e. The number of rotatable bonds is 17. The van der Waals surface area contributed by atoms with Gasteiger partial charge in [-0.05, 0) is 88.1 Å². The topological polar surface area (TPSA) is 182 Å². The molecule has 0 unspecified atom stereocenters. The van der Waals surface area contributed by atoms with E-state index in [1.54, 1.807) is 100 Å². The summed E-state index contributed by atoms with van der Waals surface area (Å²) in [6, 6.07) is 28.0. The van der Waals surface area contributed by atoms with Gasteiger partial charge < -0.3 is 19.9 Å². The van der Waals surface area contributed by atoms with E-state index in [1.165, 1.54) is 21.4 Å². The molecule has 0 saturated carbocycles. The molecule has 0 fully saturated rings. The van der Waals surface area contributed by atoms with Crippen LogP contribution in [0.15, 0.2) is 113 Å². The highest BCUT2D eigenvalue weighted by atomic mass is 32.2. The molecule has 2 heterocycles. The first-order valence-electron chi connectivity index (χ1n) is 18.4. The maximum absolute atomic E-state index is 15.8. The highest BCUT2D eigenvalue weighted by Crippen LogP contribution is 2.43. The Morgan fingerprint density at radius 3 is 1.74 bits per heavy atom. The SMILES string of the molecule is COc1ccc(CN(Cc2ccc(OC)cc2)S(=O)(=O)c2c(S(=O)(=O)CC[Si](C)(C)C)ccc(-c3cccnc3N)c2-c2nnn(Cc3ccc(OC)cc3)n2)cc1. The molecular formula is C41H47N7O7S2Si. The number of anilines is 1. The molecule has 0 aliphatic carbocycles. The molecule has 0 radical (unpaired) electrons. The molecule has 4 aromatic carbocycles. The number of methoxy groups -OCH3 is 3. The molecule has 0 spiro atoms. The van der Waals surface area contributed by atoms with Crippen molar-refractivity contribution in [2.45, 2.75) is 55.1 Å². The van der Waals surface area contributed by atoms with Crippen LogP contribution in [0.5, 0.6) is 17.2 Å². The predicted octanol–water partition coefficient (Wildman–Crippen LogP) is 6.56. The summed E-state index contributed by atoms with van der Waals surface area (Å²) in [5.74, 6) is 1.59. The van der Waals surface area contributed by atoms with Gasteiger partial charge in [0.1, 0.15) is 28.0 Å². The molecule has 0 saturated heterocycles. The van der Waals surface area contributed by atoms with Crippen LogP contribution in [0, 0.1) is 0 Å². The third-order valence-electron chi connectivity index (χ3n) is 9.50. The fourth-order valence-corrected chi connectivity index (χ4v) is 13.0. The van der Waals surface area contributed by atoms with Crippen LogP contribution in [-0.2, 0) is 39.5 Å². The number of nitrogens with two attached hydrogens (primary N) is 1. The number of tetrazole rings is 1. The minimum absolute atomic E-state index is 0.0655. The van der Waals surface area contributed by atoms with Gasteiger partial charge in [0.05, 0.1) is 44.1 Å². The normalized spacial score (nSPS) is 12.1. The van der Waals surface area contributed by atoms with E-state index in [9.17, 15) is 8.42 Å². The summed E-state index contributed by atoms with van der Waals surface area (Å²) >= 11 is 0. The maximum Gasteiger partial charge on any atom is 0.245 e. The Bertz CT molecular complexity index is 2530. The molecule has 304 valence electrons. The summed E-state index contributed by atoms with van der Waals surface area (Å²) in [7, 11) is -6.26. The Hall–Kier alpha value is -5.62. The van der Waals surface area contributed by atoms with Crippen LogP contribution < -0.4 is 19.9 Å². The number of aromatic nitrogens is 5. The van der Waals surface area contributed by atoms with Gasteiger partial charge in [-0.15, -0.1) is 10.2 Å². The van der Waals surface area contributed by atoms with Crippen molar-refractivity contribution in [1.82, 2.24) is 29.5 Å². The second-order valence-electron chi connectivity index (χ2n) is 14.8. The van der Waals surface area contributed by atoms with E-state index in [2.05, 4.69) is 40.0 Å². The van der Waals surface area contributed by atoms with Crippen molar-refractivity contribution in [2.24, 2.45) is 0 Å². The van der Waals surface area contributed by atoms with Crippen LogP contribution >= 0.6 is 0 Å². The van der Waals surface area contributed by atoms with E-state index in [1.807, 2.05) is 12.1 Å². The molecule has 17 heteroatoms. The number of ether oxygens (including phenoxy) is 3. The van der Waals surface area contributed by atoms with Crippen LogP contribution in [0.2, 0.25) is 25.7 Å². The Labute approximate surface area is 340 Å². The Kier molecular flexibility index (Phi) is 12.7. The third-order valence-corrected chi connectivity index (χ3v) is 15.4. The number of sulfone groups is 1. The van der Waals surface area contributed by atoms with Crippen LogP contribution in [0.4, 0.5) is 5.82 Å². The first kappa shape index (κ1) is 42.0. The van der Waals surface area contributed by atoms with E-state index in [0.29, 0.717) is 40.0 Å². The molecule has 0 aliphatic heterocycles. The van der Waals surface area contributed by atoms with E-state index < -0.39 is 32.8 Å². The summed E-state index contributed by atoms with van der Waals surface area (Å²) in [4.78, 5) is 4.75. The number of pyridine rings is 1. The molecule has 58 heavy (non-hydrogen) atoms. The van der Waals surface area contributed by atoms with Gasteiger partial charge in [-0.1, -0.05) is 62.1 Å². The van der Waals surface area contributed by atoms with E-state index >= 15 is 8.42 Å². The van der Waals surface area contributed by atoms with Gasteiger partial charge >= 0.3 is 0 Å². The highest BCUT2D eigenvalue weighted by molar-refractivity contribution is 7.93. The minimum atomic E-state index is -4.77. The summed E-state index contributed by atoms with van der Waals surface area (Å²) in [5, 5.41) is 13.4. The average molecular weight is 842 g/mol. The lowest BCUT2D eigenvalue weighted by Crippen LogP contribution is -2.32. The molecule has 0 amide bonds. The number of hydrogen-bond donors (Lipinski definition) is 1. The highest BCUT2D eigenvalue weighted by Gasteiger charge is 2.38. The summed E-state index contributed by atoms with van der Waals surface area (Å²) in [6.45, 7) is 6.13. The van der Waals surface area contributed by atoms with Crippen LogP contribution in [0.25, 0.3) is 22.5 Å². The summed E-state index contributed by atoms with van der Waals surface area (Å²) in [6.07, 6.45) is 1.51. The molecule has 0 bridgehead atoms. The molecule has 14 nitrogen and oxygen atoms in total. The molecule has 6 rings (SSSR count). The number of hydrogen-bond acceptors (Lipinski definition) is 12.